The molecular weight excluding hydrogens is 400 g/mol. The molecule has 32 heavy (non-hydrogen) atoms. The van der Waals surface area contributed by atoms with Crippen molar-refractivity contribution < 1.29 is 9.53 Å². The molecule has 2 aliphatic heterocycles. The van der Waals surface area contributed by atoms with Crippen molar-refractivity contribution in [2.75, 3.05) is 66.5 Å². The number of carbonyl (C=O) groups is 1. The van der Waals surface area contributed by atoms with E-state index in [-0.39, 0.29) is 11.6 Å². The quantitative estimate of drug-likeness (QED) is 0.599. The third kappa shape index (κ3) is 7.96. The van der Waals surface area contributed by atoms with E-state index in [9.17, 15) is 4.79 Å². The second-order valence-corrected chi connectivity index (χ2v) is 11.9. The van der Waals surface area contributed by atoms with Gasteiger partial charge in [-0.3, -0.25) is 14.6 Å². The van der Waals surface area contributed by atoms with Gasteiger partial charge in [-0.05, 0) is 72.4 Å². The summed E-state index contributed by atoms with van der Waals surface area (Å²) in [6, 6.07) is 1.65. The van der Waals surface area contributed by atoms with Crippen LogP contribution >= 0.6 is 0 Å². The average Bonchev–Trinajstić information content (AvgIpc) is 2.65. The highest BCUT2D eigenvalue weighted by Gasteiger charge is 2.36. The largest absolute Gasteiger partial charge is 0.460 e. The van der Waals surface area contributed by atoms with Gasteiger partial charge in [0, 0.05) is 70.9 Å². The van der Waals surface area contributed by atoms with Crippen LogP contribution in [0.5, 0.6) is 0 Å². The van der Waals surface area contributed by atoms with Crippen LogP contribution in [0.3, 0.4) is 0 Å². The first-order chi connectivity index (χ1) is 15.1. The third-order valence-electron chi connectivity index (χ3n) is 7.98. The molecule has 4 rings (SSSR count). The first-order valence-corrected chi connectivity index (χ1v) is 13.2. The maximum Gasteiger partial charge on any atom is 0.306 e. The monoisotopic (exact) mass is 450 g/mol. The van der Waals surface area contributed by atoms with Crippen molar-refractivity contribution in [3.8, 4) is 0 Å². The summed E-state index contributed by atoms with van der Waals surface area (Å²) in [5.41, 5.74) is -0.350. The van der Waals surface area contributed by atoms with Gasteiger partial charge in [0.2, 0.25) is 0 Å². The SMILES string of the molecule is CCC1CC(N2CCN(C)CC2)C1.CN1CCN(C2CC(CC(=O)OC(C)(C)C)C2)CC1. The summed E-state index contributed by atoms with van der Waals surface area (Å²) in [4.78, 5) is 21.9. The van der Waals surface area contributed by atoms with Crippen molar-refractivity contribution in [1.29, 1.82) is 0 Å². The van der Waals surface area contributed by atoms with E-state index >= 15 is 0 Å². The molecule has 6 nitrogen and oxygen atoms in total. The van der Waals surface area contributed by atoms with Gasteiger partial charge in [0.05, 0.1) is 0 Å². The average molecular weight is 451 g/mol. The summed E-state index contributed by atoms with van der Waals surface area (Å²) in [7, 11) is 4.41. The summed E-state index contributed by atoms with van der Waals surface area (Å²) in [6.07, 6.45) is 7.28. The van der Waals surface area contributed by atoms with Gasteiger partial charge in [-0.2, -0.15) is 0 Å². The number of hydrogen-bond donors (Lipinski definition) is 0. The number of ether oxygens (including phenoxy) is 1. The lowest BCUT2D eigenvalue weighted by atomic mass is 9.77. The number of esters is 1. The van der Waals surface area contributed by atoms with Gasteiger partial charge in [-0.1, -0.05) is 13.3 Å². The zero-order valence-electron chi connectivity index (χ0n) is 21.8. The Morgan fingerprint density at radius 3 is 1.53 bits per heavy atom. The zero-order chi connectivity index (χ0) is 23.3. The van der Waals surface area contributed by atoms with Gasteiger partial charge in [0.1, 0.15) is 5.60 Å². The number of piperazine rings is 2. The lowest BCUT2D eigenvalue weighted by molar-refractivity contribution is -0.157. The van der Waals surface area contributed by atoms with E-state index in [1.54, 1.807) is 0 Å². The predicted octanol–water partition coefficient (Wildman–Crippen LogP) is 3.17. The summed E-state index contributed by atoms with van der Waals surface area (Å²) in [5, 5.41) is 0. The fourth-order valence-corrected chi connectivity index (χ4v) is 5.49. The van der Waals surface area contributed by atoms with Crippen LogP contribution in [0.2, 0.25) is 0 Å². The molecule has 6 heteroatoms. The summed E-state index contributed by atoms with van der Waals surface area (Å²) < 4.78 is 5.38. The topological polar surface area (TPSA) is 39.3 Å². The lowest BCUT2D eigenvalue weighted by Crippen LogP contribution is -2.53. The standard InChI is InChI=1S/C15H28N2O2.C11H22N2/c1-15(2,3)19-14(18)11-12-9-13(10-12)17-7-5-16(4)6-8-17;1-3-10-8-11(9-10)13-6-4-12(2)5-7-13/h12-13H,5-11H2,1-4H3;10-11H,3-9H2,1-2H3. The highest BCUT2D eigenvalue weighted by molar-refractivity contribution is 5.70. The fourth-order valence-electron chi connectivity index (χ4n) is 5.49. The molecule has 4 fully saturated rings. The molecular formula is C26H50N4O2. The van der Waals surface area contributed by atoms with E-state index in [2.05, 4.69) is 40.6 Å². The molecule has 0 radical (unpaired) electrons. The predicted molar refractivity (Wildman–Crippen MR) is 132 cm³/mol. The van der Waals surface area contributed by atoms with Crippen molar-refractivity contribution in [2.24, 2.45) is 11.8 Å². The van der Waals surface area contributed by atoms with Gasteiger partial charge in [-0.25, -0.2) is 0 Å². The van der Waals surface area contributed by atoms with Crippen LogP contribution in [0.4, 0.5) is 0 Å². The zero-order valence-corrected chi connectivity index (χ0v) is 21.8. The van der Waals surface area contributed by atoms with Crippen molar-refractivity contribution >= 4 is 5.97 Å². The van der Waals surface area contributed by atoms with Crippen molar-refractivity contribution in [3.63, 3.8) is 0 Å². The van der Waals surface area contributed by atoms with Gasteiger partial charge < -0.3 is 14.5 Å². The molecule has 2 aliphatic carbocycles. The Kier molecular flexibility index (Phi) is 9.42. The molecule has 2 saturated carbocycles. The smallest absolute Gasteiger partial charge is 0.306 e. The van der Waals surface area contributed by atoms with E-state index in [1.165, 1.54) is 84.5 Å². The molecule has 2 saturated heterocycles. The van der Waals surface area contributed by atoms with E-state index < -0.39 is 0 Å². The van der Waals surface area contributed by atoms with Crippen molar-refractivity contribution in [3.05, 3.63) is 0 Å². The Balaban J connectivity index is 0.000000193. The van der Waals surface area contributed by atoms with Gasteiger partial charge >= 0.3 is 5.97 Å². The second-order valence-electron chi connectivity index (χ2n) is 11.9. The molecule has 186 valence electrons. The normalized spacial score (nSPS) is 32.9. The van der Waals surface area contributed by atoms with E-state index in [0.29, 0.717) is 18.4 Å². The minimum Gasteiger partial charge on any atom is -0.460 e. The van der Waals surface area contributed by atoms with Crippen LogP contribution in [0.25, 0.3) is 0 Å². The van der Waals surface area contributed by atoms with Crippen LogP contribution in [0, 0.1) is 11.8 Å². The van der Waals surface area contributed by atoms with Crippen LogP contribution < -0.4 is 0 Å². The molecule has 0 amide bonds. The van der Waals surface area contributed by atoms with E-state index in [0.717, 1.165) is 12.0 Å². The highest BCUT2D eigenvalue weighted by atomic mass is 16.6. The first-order valence-electron chi connectivity index (χ1n) is 13.2. The summed E-state index contributed by atoms with van der Waals surface area (Å²) in [6.45, 7) is 18.0. The fraction of sp³-hybridized carbons (Fsp3) is 0.962. The van der Waals surface area contributed by atoms with E-state index in [1.807, 2.05) is 20.8 Å². The molecule has 2 heterocycles. The number of nitrogens with zero attached hydrogens (tertiary/aromatic N) is 4. The van der Waals surface area contributed by atoms with Crippen LogP contribution in [0.1, 0.15) is 66.2 Å². The maximum atomic E-state index is 11.7. The molecule has 0 atom stereocenters. The van der Waals surface area contributed by atoms with Crippen molar-refractivity contribution in [1.82, 2.24) is 19.6 Å². The molecule has 4 aliphatic rings. The Labute approximate surface area is 197 Å². The van der Waals surface area contributed by atoms with Crippen LogP contribution in [0.15, 0.2) is 0 Å². The van der Waals surface area contributed by atoms with E-state index in [4.69, 9.17) is 4.74 Å². The molecule has 0 bridgehead atoms. The number of hydrogen-bond acceptors (Lipinski definition) is 6. The Hall–Kier alpha value is -0.690. The summed E-state index contributed by atoms with van der Waals surface area (Å²) in [5.74, 6) is 1.55. The van der Waals surface area contributed by atoms with Crippen LogP contribution in [-0.2, 0) is 9.53 Å². The minimum atomic E-state index is -0.350. The molecule has 0 aromatic carbocycles. The number of rotatable bonds is 5. The lowest BCUT2D eigenvalue weighted by Gasteiger charge is -2.45. The Morgan fingerprint density at radius 1 is 0.750 bits per heavy atom. The van der Waals surface area contributed by atoms with Gasteiger partial charge in [0.15, 0.2) is 0 Å². The number of likely N-dealkylation sites (N-methyl/N-ethyl adjacent to an activating group) is 2. The Morgan fingerprint density at radius 2 is 1.16 bits per heavy atom. The first kappa shape index (κ1) is 25.9. The number of carbonyl (C=O) groups excluding carboxylic acids is 1. The highest BCUT2D eigenvalue weighted by Crippen LogP contribution is 2.35. The molecule has 0 spiro atoms. The van der Waals surface area contributed by atoms with Gasteiger partial charge in [0.25, 0.3) is 0 Å². The molecule has 0 unspecified atom stereocenters. The third-order valence-corrected chi connectivity index (χ3v) is 7.98. The molecule has 0 aromatic rings. The van der Waals surface area contributed by atoms with Crippen LogP contribution in [-0.4, -0.2) is 110 Å². The Bertz CT molecular complexity index is 565. The minimum absolute atomic E-state index is 0.0330. The molecule has 0 aromatic heterocycles. The molecule has 0 N–H and O–H groups in total. The second kappa shape index (κ2) is 11.6. The summed E-state index contributed by atoms with van der Waals surface area (Å²) >= 11 is 0. The van der Waals surface area contributed by atoms with Crippen molar-refractivity contribution in [2.45, 2.75) is 83.9 Å². The maximum absolute atomic E-state index is 11.7. The van der Waals surface area contributed by atoms with Gasteiger partial charge in [-0.15, -0.1) is 0 Å².